The van der Waals surface area contributed by atoms with Crippen LogP contribution in [0.1, 0.15) is 34.6 Å². The summed E-state index contributed by atoms with van der Waals surface area (Å²) in [6.45, 7) is 1.92. The maximum absolute atomic E-state index is 13.2. The van der Waals surface area contributed by atoms with E-state index in [4.69, 9.17) is 4.74 Å². The Kier molecular flexibility index (Phi) is 6.12. The van der Waals surface area contributed by atoms with Crippen molar-refractivity contribution in [2.24, 2.45) is 0 Å². The molecule has 6 nitrogen and oxygen atoms in total. The number of ether oxygens (including phenoxy) is 1. The zero-order valence-electron chi connectivity index (χ0n) is 15.7. The highest BCUT2D eigenvalue weighted by atomic mass is 32.1. The van der Waals surface area contributed by atoms with Crippen molar-refractivity contribution in [2.75, 3.05) is 20.3 Å². The van der Waals surface area contributed by atoms with Gasteiger partial charge in [0.1, 0.15) is 12.4 Å². The molecular weight excluding hydrogens is 383 g/mol. The molecule has 2 amide bonds. The van der Waals surface area contributed by atoms with E-state index < -0.39 is 29.4 Å². The van der Waals surface area contributed by atoms with Gasteiger partial charge in [-0.2, -0.15) is 0 Å². The number of thiophene rings is 1. The number of nitrogens with one attached hydrogen (secondary N) is 1. The average Bonchev–Trinajstić information content (AvgIpc) is 3.18. The highest BCUT2D eigenvalue weighted by molar-refractivity contribution is 7.10. The lowest BCUT2D eigenvalue weighted by molar-refractivity contribution is -0.146. The van der Waals surface area contributed by atoms with Gasteiger partial charge in [0.2, 0.25) is 5.91 Å². The molecule has 2 N–H and O–H groups in total. The summed E-state index contributed by atoms with van der Waals surface area (Å²) in [5.74, 6) is -1.08. The molecule has 1 aliphatic rings. The number of amides is 2. The standard InChI is InChI=1S/C20H23FN2O4S/c1-20(26)9-10-23(16(24)12-27-2)17(15-4-3-11-28-15)18(20)22-19(25)13-5-7-14(21)8-6-13/h3-8,11,17-18,26H,9-10,12H2,1-2H3,(H,22,25)/t17-,18-,20+/m0/s1. The van der Waals surface area contributed by atoms with Crippen LogP contribution in [0.15, 0.2) is 41.8 Å². The first-order valence-corrected chi connectivity index (χ1v) is 9.82. The van der Waals surface area contributed by atoms with Crippen molar-refractivity contribution < 1.29 is 23.8 Å². The first kappa shape index (κ1) is 20.4. The molecule has 2 aromatic rings. The van der Waals surface area contributed by atoms with Crippen LogP contribution in [0.5, 0.6) is 0 Å². The number of halogens is 1. The summed E-state index contributed by atoms with van der Waals surface area (Å²) < 4.78 is 18.2. The Labute approximate surface area is 166 Å². The summed E-state index contributed by atoms with van der Waals surface area (Å²) >= 11 is 1.45. The summed E-state index contributed by atoms with van der Waals surface area (Å²) in [6, 6.07) is 7.65. The molecule has 0 bridgehead atoms. The fraction of sp³-hybridized carbons (Fsp3) is 0.400. The largest absolute Gasteiger partial charge is 0.388 e. The topological polar surface area (TPSA) is 78.9 Å². The minimum absolute atomic E-state index is 0.0807. The lowest BCUT2D eigenvalue weighted by Crippen LogP contribution is -2.63. The van der Waals surface area contributed by atoms with Crippen LogP contribution in [0.4, 0.5) is 4.39 Å². The van der Waals surface area contributed by atoms with E-state index in [-0.39, 0.29) is 18.1 Å². The van der Waals surface area contributed by atoms with Crippen molar-refractivity contribution >= 4 is 23.2 Å². The molecular formula is C20H23FN2O4S. The molecule has 0 unspecified atom stereocenters. The molecule has 1 aliphatic heterocycles. The first-order chi connectivity index (χ1) is 13.3. The lowest BCUT2D eigenvalue weighted by Gasteiger charge is -2.48. The van der Waals surface area contributed by atoms with Gasteiger partial charge in [-0.25, -0.2) is 4.39 Å². The van der Waals surface area contributed by atoms with E-state index >= 15 is 0 Å². The molecule has 1 saturated heterocycles. The van der Waals surface area contributed by atoms with E-state index in [1.807, 2.05) is 17.5 Å². The van der Waals surface area contributed by atoms with Gasteiger partial charge < -0.3 is 20.1 Å². The number of hydrogen-bond acceptors (Lipinski definition) is 5. The van der Waals surface area contributed by atoms with Gasteiger partial charge in [0.05, 0.1) is 17.7 Å². The van der Waals surface area contributed by atoms with Gasteiger partial charge in [0, 0.05) is 24.1 Å². The van der Waals surface area contributed by atoms with E-state index in [0.29, 0.717) is 13.0 Å². The number of methoxy groups -OCH3 is 1. The van der Waals surface area contributed by atoms with Crippen LogP contribution in [0, 0.1) is 5.82 Å². The predicted molar refractivity (Wildman–Crippen MR) is 104 cm³/mol. The third-order valence-electron chi connectivity index (χ3n) is 5.00. The normalized spacial score (nSPS) is 24.8. The molecule has 3 atom stereocenters. The number of hydrogen-bond donors (Lipinski definition) is 2. The second-order valence-corrected chi connectivity index (χ2v) is 8.02. The number of nitrogens with zero attached hydrogens (tertiary/aromatic N) is 1. The van der Waals surface area contributed by atoms with Gasteiger partial charge in [0.25, 0.3) is 5.91 Å². The van der Waals surface area contributed by atoms with E-state index in [1.54, 1.807) is 11.8 Å². The summed E-state index contributed by atoms with van der Waals surface area (Å²) in [5, 5.41) is 15.8. The van der Waals surface area contributed by atoms with Gasteiger partial charge in [0.15, 0.2) is 0 Å². The van der Waals surface area contributed by atoms with Crippen molar-refractivity contribution in [3.63, 3.8) is 0 Å². The van der Waals surface area contributed by atoms with E-state index in [1.165, 1.54) is 42.7 Å². The SMILES string of the molecule is COCC(=O)N1CC[C@@](C)(O)[C@@H](NC(=O)c2ccc(F)cc2)[C@@H]1c1cccs1. The van der Waals surface area contributed by atoms with Gasteiger partial charge in [-0.1, -0.05) is 6.07 Å². The quantitative estimate of drug-likeness (QED) is 0.799. The number of benzene rings is 1. The van der Waals surface area contributed by atoms with Crippen molar-refractivity contribution in [3.8, 4) is 0 Å². The highest BCUT2D eigenvalue weighted by Gasteiger charge is 2.48. The lowest BCUT2D eigenvalue weighted by atomic mass is 9.81. The maximum Gasteiger partial charge on any atom is 0.251 e. The number of carbonyl (C=O) groups is 2. The van der Waals surface area contributed by atoms with Gasteiger partial charge >= 0.3 is 0 Å². The van der Waals surface area contributed by atoms with Crippen molar-refractivity contribution in [2.45, 2.75) is 31.0 Å². The Morgan fingerprint density at radius 2 is 2.07 bits per heavy atom. The average molecular weight is 406 g/mol. The van der Waals surface area contributed by atoms with Crippen LogP contribution in [-0.2, 0) is 9.53 Å². The zero-order chi connectivity index (χ0) is 20.3. The smallest absolute Gasteiger partial charge is 0.251 e. The van der Waals surface area contributed by atoms with Crippen LogP contribution < -0.4 is 5.32 Å². The van der Waals surface area contributed by atoms with Gasteiger partial charge in [-0.05, 0) is 49.1 Å². The minimum atomic E-state index is -1.23. The van der Waals surface area contributed by atoms with Gasteiger partial charge in [-0.3, -0.25) is 9.59 Å². The molecule has 0 spiro atoms. The molecule has 1 fully saturated rings. The van der Waals surface area contributed by atoms with Crippen LogP contribution in [0.25, 0.3) is 0 Å². The zero-order valence-corrected chi connectivity index (χ0v) is 16.5. The summed E-state index contributed by atoms with van der Waals surface area (Å²) in [6.07, 6.45) is 0.304. The molecule has 3 rings (SSSR count). The van der Waals surface area contributed by atoms with Gasteiger partial charge in [-0.15, -0.1) is 11.3 Å². The number of rotatable bonds is 5. The van der Waals surface area contributed by atoms with Crippen molar-refractivity contribution in [1.29, 1.82) is 0 Å². The predicted octanol–water partition coefficient (Wildman–Crippen LogP) is 2.36. The molecule has 150 valence electrons. The Morgan fingerprint density at radius 1 is 1.36 bits per heavy atom. The molecule has 0 aliphatic carbocycles. The number of aliphatic hydroxyl groups is 1. The summed E-state index contributed by atoms with van der Waals surface area (Å²) in [4.78, 5) is 27.9. The first-order valence-electron chi connectivity index (χ1n) is 8.94. The van der Waals surface area contributed by atoms with Crippen molar-refractivity contribution in [3.05, 3.63) is 58.0 Å². The van der Waals surface area contributed by atoms with Crippen molar-refractivity contribution in [1.82, 2.24) is 10.2 Å². The Morgan fingerprint density at radius 3 is 2.68 bits per heavy atom. The fourth-order valence-corrected chi connectivity index (χ4v) is 4.36. The molecule has 0 saturated carbocycles. The molecule has 1 aromatic heterocycles. The third-order valence-corrected chi connectivity index (χ3v) is 5.94. The minimum Gasteiger partial charge on any atom is -0.388 e. The second-order valence-electron chi connectivity index (χ2n) is 7.05. The number of likely N-dealkylation sites (tertiary alicyclic amines) is 1. The molecule has 0 radical (unpaired) electrons. The second kappa shape index (κ2) is 8.38. The molecule has 2 heterocycles. The Hall–Kier alpha value is -2.29. The van der Waals surface area contributed by atoms with Crippen LogP contribution in [0.2, 0.25) is 0 Å². The fourth-order valence-electron chi connectivity index (χ4n) is 3.49. The van der Waals surface area contributed by atoms with Crippen LogP contribution in [-0.4, -0.2) is 53.7 Å². The Balaban J connectivity index is 1.94. The highest BCUT2D eigenvalue weighted by Crippen LogP contribution is 2.39. The monoisotopic (exact) mass is 406 g/mol. The summed E-state index contributed by atoms with van der Waals surface area (Å²) in [5.41, 5.74) is -0.948. The van der Waals surface area contributed by atoms with E-state index in [0.717, 1.165) is 4.88 Å². The van der Waals surface area contributed by atoms with E-state index in [2.05, 4.69) is 5.32 Å². The molecule has 1 aromatic carbocycles. The summed E-state index contributed by atoms with van der Waals surface area (Å²) in [7, 11) is 1.45. The maximum atomic E-state index is 13.2. The molecule has 8 heteroatoms. The van der Waals surface area contributed by atoms with Crippen LogP contribution in [0.3, 0.4) is 0 Å². The number of carbonyl (C=O) groups excluding carboxylic acids is 2. The van der Waals surface area contributed by atoms with E-state index in [9.17, 15) is 19.1 Å². The Bertz CT molecular complexity index is 823. The number of piperidine rings is 1. The molecule has 28 heavy (non-hydrogen) atoms. The third kappa shape index (κ3) is 4.24. The van der Waals surface area contributed by atoms with Crippen LogP contribution >= 0.6 is 11.3 Å².